The molecule has 0 bridgehead atoms. The van der Waals surface area contributed by atoms with Gasteiger partial charge in [0.05, 0.1) is 7.11 Å². The molecule has 0 unspecified atom stereocenters. The zero-order chi connectivity index (χ0) is 19.1. The van der Waals surface area contributed by atoms with E-state index in [9.17, 15) is 0 Å². The summed E-state index contributed by atoms with van der Waals surface area (Å²) < 4.78 is 5.40. The van der Waals surface area contributed by atoms with Gasteiger partial charge in [0.1, 0.15) is 17.4 Å². The van der Waals surface area contributed by atoms with Crippen LogP contribution in [-0.2, 0) is 6.42 Å². The van der Waals surface area contributed by atoms with Crippen molar-refractivity contribution in [1.82, 2.24) is 20.2 Å². The third-order valence-corrected chi connectivity index (χ3v) is 5.60. The third kappa shape index (κ3) is 8.17. The van der Waals surface area contributed by atoms with Crippen LogP contribution in [0.4, 0.5) is 11.6 Å². The van der Waals surface area contributed by atoms with Gasteiger partial charge in [0.15, 0.2) is 5.16 Å². The molecule has 1 aromatic carbocycles. The largest absolute Gasteiger partial charge is 0.496 e. The Kier molecular flexibility index (Phi) is 14.2. The van der Waals surface area contributed by atoms with Crippen LogP contribution in [0.5, 0.6) is 5.75 Å². The summed E-state index contributed by atoms with van der Waals surface area (Å²) in [6.07, 6.45) is 1.65. The van der Waals surface area contributed by atoms with Crippen LogP contribution in [-0.4, -0.2) is 60.5 Å². The first-order chi connectivity index (χ1) is 13.2. The molecule has 0 radical (unpaired) electrons. The third-order valence-electron chi connectivity index (χ3n) is 4.67. The van der Waals surface area contributed by atoms with Gasteiger partial charge in [-0.25, -0.2) is 9.97 Å². The van der Waals surface area contributed by atoms with Crippen molar-refractivity contribution in [3.63, 3.8) is 0 Å². The zero-order valence-corrected chi connectivity index (χ0v) is 20.3. The van der Waals surface area contributed by atoms with Crippen LogP contribution < -0.4 is 21.5 Å². The highest BCUT2D eigenvalue weighted by Crippen LogP contribution is 2.27. The maximum absolute atomic E-state index is 6.18. The average Bonchev–Trinajstić information content (AvgIpc) is 2.69. The van der Waals surface area contributed by atoms with E-state index in [1.807, 2.05) is 24.3 Å². The van der Waals surface area contributed by atoms with Crippen LogP contribution in [0.1, 0.15) is 17.5 Å². The number of halogens is 3. The summed E-state index contributed by atoms with van der Waals surface area (Å²) >= 11 is 1.61. The number of rotatable bonds is 8. The van der Waals surface area contributed by atoms with E-state index in [2.05, 4.69) is 20.2 Å². The zero-order valence-electron chi connectivity index (χ0n) is 17.0. The molecule has 1 aliphatic rings. The molecule has 0 saturated carbocycles. The Hall–Kier alpha value is -1.16. The number of nitrogens with zero attached hydrogens (tertiary/aromatic N) is 3. The number of benzene rings is 1. The lowest BCUT2D eigenvalue weighted by molar-refractivity contribution is 0.242. The van der Waals surface area contributed by atoms with E-state index in [0.29, 0.717) is 23.2 Å². The molecule has 30 heavy (non-hydrogen) atoms. The Labute approximate surface area is 201 Å². The second-order valence-corrected chi connectivity index (χ2v) is 7.60. The number of nitrogen functional groups attached to an aromatic ring is 2. The number of hydrogen-bond donors (Lipinski definition) is 3. The number of nitrogens with two attached hydrogens (primary N) is 2. The lowest BCUT2D eigenvalue weighted by atomic mass is 10.1. The van der Waals surface area contributed by atoms with E-state index < -0.39 is 0 Å². The molecule has 0 aliphatic carbocycles. The van der Waals surface area contributed by atoms with Crippen molar-refractivity contribution >= 4 is 60.6 Å². The summed E-state index contributed by atoms with van der Waals surface area (Å²) in [5.74, 6) is 2.65. The van der Waals surface area contributed by atoms with Crippen LogP contribution in [0, 0.1) is 0 Å². The quantitative estimate of drug-likeness (QED) is 0.291. The molecular weight excluding hydrogens is 467 g/mol. The van der Waals surface area contributed by atoms with Gasteiger partial charge in [0, 0.05) is 43.9 Å². The number of hydrogen-bond acceptors (Lipinski definition) is 8. The number of methoxy groups -OCH3 is 1. The van der Waals surface area contributed by atoms with Gasteiger partial charge in [-0.15, -0.1) is 37.2 Å². The smallest absolute Gasteiger partial charge is 0.191 e. The SMILES string of the molecule is COc1ccccc1Cc1c(N)nc(SCCCN2CCNCC2)nc1N.Cl.Cl.Cl. The molecule has 1 fully saturated rings. The molecule has 2 heterocycles. The fourth-order valence-corrected chi connectivity index (χ4v) is 3.95. The number of para-hydroxylation sites is 1. The van der Waals surface area contributed by atoms with E-state index >= 15 is 0 Å². The second-order valence-electron chi connectivity index (χ2n) is 6.54. The molecule has 1 saturated heterocycles. The molecule has 1 aliphatic heterocycles. The molecule has 0 atom stereocenters. The molecule has 170 valence electrons. The topological polar surface area (TPSA) is 102 Å². The summed E-state index contributed by atoms with van der Waals surface area (Å²) in [7, 11) is 1.65. The summed E-state index contributed by atoms with van der Waals surface area (Å²) in [5, 5.41) is 4.02. The van der Waals surface area contributed by atoms with Gasteiger partial charge >= 0.3 is 0 Å². The maximum atomic E-state index is 6.18. The lowest BCUT2D eigenvalue weighted by Crippen LogP contribution is -2.43. The van der Waals surface area contributed by atoms with E-state index in [0.717, 1.165) is 61.8 Å². The van der Waals surface area contributed by atoms with Crippen molar-refractivity contribution in [3.05, 3.63) is 35.4 Å². The van der Waals surface area contributed by atoms with Gasteiger partial charge in [-0.05, 0) is 24.6 Å². The molecule has 11 heteroatoms. The summed E-state index contributed by atoms with van der Waals surface area (Å²) in [6, 6.07) is 7.82. The Morgan fingerprint density at radius 3 is 2.33 bits per heavy atom. The average molecular weight is 498 g/mol. The number of ether oxygens (including phenoxy) is 1. The number of anilines is 2. The monoisotopic (exact) mass is 496 g/mol. The van der Waals surface area contributed by atoms with Gasteiger partial charge in [-0.2, -0.15) is 0 Å². The Morgan fingerprint density at radius 1 is 1.07 bits per heavy atom. The minimum atomic E-state index is 0. The van der Waals surface area contributed by atoms with Crippen molar-refractivity contribution in [2.75, 3.05) is 57.1 Å². The van der Waals surface area contributed by atoms with Crippen LogP contribution in [0.25, 0.3) is 0 Å². The van der Waals surface area contributed by atoms with Gasteiger partial charge in [-0.3, -0.25) is 0 Å². The van der Waals surface area contributed by atoms with Crippen molar-refractivity contribution in [3.8, 4) is 5.75 Å². The van der Waals surface area contributed by atoms with Gasteiger partial charge in [0.2, 0.25) is 0 Å². The summed E-state index contributed by atoms with van der Waals surface area (Å²) in [5.41, 5.74) is 14.1. The van der Waals surface area contributed by atoms with Crippen LogP contribution in [0.2, 0.25) is 0 Å². The molecule has 5 N–H and O–H groups in total. The summed E-state index contributed by atoms with van der Waals surface area (Å²) in [6.45, 7) is 5.51. The maximum Gasteiger partial charge on any atom is 0.191 e. The summed E-state index contributed by atoms with van der Waals surface area (Å²) in [4.78, 5) is 11.4. The highest BCUT2D eigenvalue weighted by atomic mass is 35.5. The van der Waals surface area contributed by atoms with Crippen LogP contribution in [0.15, 0.2) is 29.4 Å². The van der Waals surface area contributed by atoms with Crippen molar-refractivity contribution in [2.24, 2.45) is 0 Å². The van der Waals surface area contributed by atoms with Crippen molar-refractivity contribution < 1.29 is 4.74 Å². The molecule has 3 rings (SSSR count). The van der Waals surface area contributed by atoms with E-state index in [-0.39, 0.29) is 37.2 Å². The molecule has 2 aromatic rings. The first-order valence-electron chi connectivity index (χ1n) is 9.27. The number of nitrogens with one attached hydrogen (secondary N) is 1. The van der Waals surface area contributed by atoms with E-state index in [4.69, 9.17) is 16.2 Å². The Morgan fingerprint density at radius 2 is 1.70 bits per heavy atom. The highest BCUT2D eigenvalue weighted by molar-refractivity contribution is 7.99. The molecule has 7 nitrogen and oxygen atoms in total. The number of thioether (sulfide) groups is 1. The second kappa shape index (κ2) is 14.8. The highest BCUT2D eigenvalue weighted by Gasteiger charge is 2.14. The predicted molar refractivity (Wildman–Crippen MR) is 133 cm³/mol. The normalized spacial score (nSPS) is 13.5. The Bertz CT molecular complexity index is 742. The van der Waals surface area contributed by atoms with Crippen molar-refractivity contribution in [1.29, 1.82) is 0 Å². The number of piperazine rings is 1. The van der Waals surface area contributed by atoms with E-state index in [1.54, 1.807) is 18.9 Å². The standard InChI is InChI=1S/C19H28N6OS.3ClH/c1-26-16-6-3-2-5-14(16)13-15-17(20)23-19(24-18(15)21)27-12-4-9-25-10-7-22-8-11-25;;;/h2-3,5-6,22H,4,7-13H2,1H3,(H4,20,21,23,24);3*1H. The van der Waals surface area contributed by atoms with Crippen LogP contribution >= 0.6 is 49.0 Å². The molecule has 0 amide bonds. The van der Waals surface area contributed by atoms with Gasteiger partial charge in [-0.1, -0.05) is 30.0 Å². The lowest BCUT2D eigenvalue weighted by Gasteiger charge is -2.26. The minimum Gasteiger partial charge on any atom is -0.496 e. The molecule has 0 spiro atoms. The predicted octanol–water partition coefficient (Wildman–Crippen LogP) is 2.89. The first kappa shape index (κ1) is 28.8. The molecule has 1 aromatic heterocycles. The first-order valence-corrected chi connectivity index (χ1v) is 10.3. The minimum absolute atomic E-state index is 0. The fraction of sp³-hybridized carbons (Fsp3) is 0.474. The Balaban J connectivity index is 0.00000280. The van der Waals surface area contributed by atoms with Gasteiger partial charge in [0.25, 0.3) is 0 Å². The van der Waals surface area contributed by atoms with Crippen LogP contribution in [0.3, 0.4) is 0 Å². The van der Waals surface area contributed by atoms with E-state index in [1.165, 1.54) is 0 Å². The van der Waals surface area contributed by atoms with Crippen molar-refractivity contribution in [2.45, 2.75) is 18.0 Å². The van der Waals surface area contributed by atoms with Gasteiger partial charge < -0.3 is 26.4 Å². The number of aromatic nitrogens is 2. The fourth-order valence-electron chi connectivity index (χ4n) is 3.17. The molecular formula is C19H31Cl3N6OS.